The van der Waals surface area contributed by atoms with Gasteiger partial charge in [0.05, 0.1) is 6.54 Å². The van der Waals surface area contributed by atoms with Crippen LogP contribution in [0.5, 0.6) is 0 Å². The molecular weight excluding hydrogens is 266 g/mol. The summed E-state index contributed by atoms with van der Waals surface area (Å²) in [6, 6.07) is 5.42. The molecule has 0 bridgehead atoms. The van der Waals surface area contributed by atoms with E-state index < -0.39 is 6.43 Å². The van der Waals surface area contributed by atoms with Crippen LogP contribution in [0.2, 0.25) is 0 Å². The van der Waals surface area contributed by atoms with E-state index in [1.807, 2.05) is 6.07 Å². The molecule has 0 spiro atoms. The molecule has 84 valence electrons. The first-order valence-electron chi connectivity index (χ1n) is 4.52. The van der Waals surface area contributed by atoms with Gasteiger partial charge in [-0.3, -0.25) is 0 Å². The maximum Gasteiger partial charge on any atom is 0.255 e. The molecule has 0 aliphatic carbocycles. The maximum atomic E-state index is 12.1. The van der Waals surface area contributed by atoms with Crippen molar-refractivity contribution in [2.75, 3.05) is 18.5 Å². The number of rotatable bonds is 4. The van der Waals surface area contributed by atoms with Crippen molar-refractivity contribution in [2.45, 2.75) is 13.0 Å². The second kappa shape index (κ2) is 5.42. The Kier molecular flexibility index (Phi) is 4.47. The first kappa shape index (κ1) is 12.4. The third-order valence-electron chi connectivity index (χ3n) is 2.11. The van der Waals surface area contributed by atoms with E-state index in [4.69, 9.17) is 5.73 Å². The zero-order valence-corrected chi connectivity index (χ0v) is 9.97. The topological polar surface area (TPSA) is 29.3 Å². The molecule has 0 saturated carbocycles. The largest absolute Gasteiger partial charge is 0.369 e. The Balaban J connectivity index is 2.82. The van der Waals surface area contributed by atoms with E-state index in [2.05, 4.69) is 15.9 Å². The summed E-state index contributed by atoms with van der Waals surface area (Å²) in [5.74, 6) is 0. The quantitative estimate of drug-likeness (QED) is 0.918. The Morgan fingerprint density at radius 3 is 2.60 bits per heavy atom. The number of nitrogens with two attached hydrogens (primary N) is 1. The van der Waals surface area contributed by atoms with E-state index in [0.29, 0.717) is 6.54 Å². The van der Waals surface area contributed by atoms with Gasteiger partial charge >= 0.3 is 0 Å². The van der Waals surface area contributed by atoms with Gasteiger partial charge in [0.2, 0.25) is 0 Å². The SMILES string of the molecule is CN(CC(F)F)c1ccc(CN)c(Br)c1. The van der Waals surface area contributed by atoms with Crippen molar-refractivity contribution in [1.29, 1.82) is 0 Å². The number of anilines is 1. The van der Waals surface area contributed by atoms with Crippen molar-refractivity contribution >= 4 is 21.6 Å². The van der Waals surface area contributed by atoms with Gasteiger partial charge in [0, 0.05) is 23.8 Å². The van der Waals surface area contributed by atoms with Gasteiger partial charge in [-0.25, -0.2) is 8.78 Å². The summed E-state index contributed by atoms with van der Waals surface area (Å²) < 4.78 is 25.1. The summed E-state index contributed by atoms with van der Waals surface area (Å²) in [5.41, 5.74) is 7.21. The van der Waals surface area contributed by atoms with Gasteiger partial charge in [-0.1, -0.05) is 22.0 Å². The molecule has 5 heteroatoms. The lowest BCUT2D eigenvalue weighted by Crippen LogP contribution is -2.23. The predicted octanol–water partition coefficient (Wildman–Crippen LogP) is 2.61. The van der Waals surface area contributed by atoms with Gasteiger partial charge in [0.25, 0.3) is 6.43 Å². The molecule has 1 aromatic rings. The molecule has 0 amide bonds. The lowest BCUT2D eigenvalue weighted by Gasteiger charge is -2.19. The Hall–Kier alpha value is -0.680. The first-order valence-corrected chi connectivity index (χ1v) is 5.31. The van der Waals surface area contributed by atoms with E-state index in [-0.39, 0.29) is 6.54 Å². The highest BCUT2D eigenvalue weighted by Gasteiger charge is 2.09. The van der Waals surface area contributed by atoms with Gasteiger partial charge in [0.15, 0.2) is 0 Å². The lowest BCUT2D eigenvalue weighted by molar-refractivity contribution is 0.156. The minimum Gasteiger partial charge on any atom is -0.369 e. The normalized spacial score (nSPS) is 10.8. The minimum atomic E-state index is -2.33. The van der Waals surface area contributed by atoms with Crippen molar-refractivity contribution < 1.29 is 8.78 Å². The maximum absolute atomic E-state index is 12.1. The second-order valence-electron chi connectivity index (χ2n) is 3.25. The highest BCUT2D eigenvalue weighted by atomic mass is 79.9. The number of halogens is 3. The number of nitrogens with zero attached hydrogens (tertiary/aromatic N) is 1. The molecular formula is C10H13BrF2N2. The van der Waals surface area contributed by atoms with Crippen LogP contribution in [0.25, 0.3) is 0 Å². The van der Waals surface area contributed by atoms with E-state index in [9.17, 15) is 8.78 Å². The van der Waals surface area contributed by atoms with Crippen LogP contribution < -0.4 is 10.6 Å². The van der Waals surface area contributed by atoms with Gasteiger partial charge in [-0.05, 0) is 17.7 Å². The molecule has 0 aliphatic heterocycles. The number of hydrogen-bond acceptors (Lipinski definition) is 2. The van der Waals surface area contributed by atoms with Crippen LogP contribution in [0.1, 0.15) is 5.56 Å². The van der Waals surface area contributed by atoms with Gasteiger partial charge in [-0.15, -0.1) is 0 Å². The molecule has 15 heavy (non-hydrogen) atoms. The Morgan fingerprint density at radius 1 is 1.47 bits per heavy atom. The standard InChI is InChI=1S/C10H13BrF2N2/c1-15(6-10(12)13)8-3-2-7(5-14)9(11)4-8/h2-4,10H,5-6,14H2,1H3. The highest BCUT2D eigenvalue weighted by Crippen LogP contribution is 2.23. The van der Waals surface area contributed by atoms with Crippen LogP contribution in [0, 0.1) is 0 Å². The average Bonchev–Trinajstić information content (AvgIpc) is 2.16. The third-order valence-corrected chi connectivity index (χ3v) is 2.85. The zero-order valence-electron chi connectivity index (χ0n) is 8.38. The lowest BCUT2D eigenvalue weighted by atomic mass is 10.2. The summed E-state index contributed by atoms with van der Waals surface area (Å²) in [6.07, 6.45) is -2.33. The van der Waals surface area contributed by atoms with Crippen LogP contribution in [0.15, 0.2) is 22.7 Å². The molecule has 0 heterocycles. The van der Waals surface area contributed by atoms with Crippen LogP contribution >= 0.6 is 15.9 Å². The van der Waals surface area contributed by atoms with Crippen LogP contribution in [0.3, 0.4) is 0 Å². The zero-order chi connectivity index (χ0) is 11.4. The molecule has 0 aliphatic rings. The number of benzene rings is 1. The molecule has 0 radical (unpaired) electrons. The Morgan fingerprint density at radius 2 is 2.13 bits per heavy atom. The third kappa shape index (κ3) is 3.43. The van der Waals surface area contributed by atoms with Gasteiger partial charge < -0.3 is 10.6 Å². The van der Waals surface area contributed by atoms with Crippen LogP contribution in [-0.2, 0) is 6.54 Å². The van der Waals surface area contributed by atoms with Crippen LogP contribution in [-0.4, -0.2) is 20.0 Å². The van der Waals surface area contributed by atoms with E-state index in [0.717, 1.165) is 15.7 Å². The summed E-state index contributed by atoms with van der Waals surface area (Å²) in [6.45, 7) is 0.161. The number of hydrogen-bond donors (Lipinski definition) is 1. The fourth-order valence-electron chi connectivity index (χ4n) is 1.25. The van der Waals surface area contributed by atoms with Crippen molar-refractivity contribution in [3.8, 4) is 0 Å². The highest BCUT2D eigenvalue weighted by molar-refractivity contribution is 9.10. The molecule has 0 atom stereocenters. The molecule has 0 aromatic heterocycles. The molecule has 1 aromatic carbocycles. The first-order chi connectivity index (χ1) is 7.04. The predicted molar refractivity (Wildman–Crippen MR) is 61.3 cm³/mol. The summed E-state index contributed by atoms with van der Waals surface area (Å²) in [5, 5.41) is 0. The van der Waals surface area contributed by atoms with Gasteiger partial charge in [-0.2, -0.15) is 0 Å². The second-order valence-corrected chi connectivity index (χ2v) is 4.11. The summed E-state index contributed by atoms with van der Waals surface area (Å²) >= 11 is 3.35. The monoisotopic (exact) mass is 278 g/mol. The summed E-state index contributed by atoms with van der Waals surface area (Å²) in [7, 11) is 1.63. The van der Waals surface area contributed by atoms with Crippen LogP contribution in [0.4, 0.5) is 14.5 Å². The molecule has 0 saturated heterocycles. The van der Waals surface area contributed by atoms with Crippen molar-refractivity contribution in [2.24, 2.45) is 5.73 Å². The Labute approximate surface area is 96.2 Å². The molecule has 0 fully saturated rings. The average molecular weight is 279 g/mol. The van der Waals surface area contributed by atoms with Crippen molar-refractivity contribution in [1.82, 2.24) is 0 Å². The fraction of sp³-hybridized carbons (Fsp3) is 0.400. The Bertz CT molecular complexity index is 331. The molecule has 2 N–H and O–H groups in total. The number of alkyl halides is 2. The molecule has 1 rings (SSSR count). The van der Waals surface area contributed by atoms with E-state index in [1.54, 1.807) is 19.2 Å². The fourth-order valence-corrected chi connectivity index (χ4v) is 1.78. The van der Waals surface area contributed by atoms with Crippen molar-refractivity contribution in [3.63, 3.8) is 0 Å². The van der Waals surface area contributed by atoms with E-state index in [1.165, 1.54) is 4.90 Å². The van der Waals surface area contributed by atoms with Crippen molar-refractivity contribution in [3.05, 3.63) is 28.2 Å². The van der Waals surface area contributed by atoms with Gasteiger partial charge in [0.1, 0.15) is 0 Å². The molecule has 0 unspecified atom stereocenters. The summed E-state index contributed by atoms with van der Waals surface area (Å²) in [4.78, 5) is 1.51. The smallest absolute Gasteiger partial charge is 0.255 e. The minimum absolute atomic E-state index is 0.269. The van der Waals surface area contributed by atoms with E-state index >= 15 is 0 Å². The molecule has 2 nitrogen and oxygen atoms in total.